The van der Waals surface area contributed by atoms with Gasteiger partial charge in [-0.15, -0.1) is 0 Å². The van der Waals surface area contributed by atoms with E-state index in [1.165, 1.54) is 28.6 Å². The van der Waals surface area contributed by atoms with E-state index in [1.807, 2.05) is 0 Å². The number of rotatable bonds is 6. The smallest absolute Gasteiger partial charge is 0.417 e. The molecule has 1 aromatic heterocycles. The number of hydrogen-bond acceptors (Lipinski definition) is 6. The van der Waals surface area contributed by atoms with Gasteiger partial charge in [-0.1, -0.05) is 12.1 Å². The van der Waals surface area contributed by atoms with Gasteiger partial charge in [0.15, 0.2) is 0 Å². The molecule has 204 valence electrons. The average Bonchev–Trinajstić information content (AvgIpc) is 3.28. The number of aromatic nitrogens is 1. The Morgan fingerprint density at radius 3 is 2.33 bits per heavy atom. The van der Waals surface area contributed by atoms with Gasteiger partial charge in [0.2, 0.25) is 15.9 Å². The van der Waals surface area contributed by atoms with Crippen LogP contribution < -0.4 is 10.6 Å². The lowest BCUT2D eigenvalue weighted by molar-refractivity contribution is -0.137. The minimum Gasteiger partial charge on any atom is -0.478 e. The third-order valence-electron chi connectivity index (χ3n) is 6.79. The van der Waals surface area contributed by atoms with Crippen LogP contribution in [0.15, 0.2) is 59.6 Å². The van der Waals surface area contributed by atoms with Crippen LogP contribution in [0, 0.1) is 0 Å². The molecule has 5 rings (SSSR count). The number of sulfonamides is 1. The lowest BCUT2D eigenvalue weighted by Gasteiger charge is -2.32. The molecule has 0 unspecified atom stereocenters. The SMILES string of the molecule is O=C1Cc2cc(-c3ccc(S(=O)(=O)N4CCC(Nc5ccc(C(F)(F)F)cn5)CC4)cc3)cc(C(=O)O)c2N1. The Morgan fingerprint density at radius 1 is 1.05 bits per heavy atom. The first-order valence-corrected chi connectivity index (χ1v) is 13.5. The van der Waals surface area contributed by atoms with E-state index in [4.69, 9.17) is 0 Å². The highest BCUT2D eigenvalue weighted by Gasteiger charge is 2.32. The van der Waals surface area contributed by atoms with E-state index in [0.717, 1.165) is 12.3 Å². The second-order valence-electron chi connectivity index (χ2n) is 9.36. The Morgan fingerprint density at radius 2 is 1.74 bits per heavy atom. The van der Waals surface area contributed by atoms with E-state index in [9.17, 15) is 36.3 Å². The maximum absolute atomic E-state index is 13.2. The van der Waals surface area contributed by atoms with E-state index in [-0.39, 0.29) is 53.4 Å². The molecular weight excluding hydrogens is 537 g/mol. The van der Waals surface area contributed by atoms with Gasteiger partial charge < -0.3 is 15.7 Å². The van der Waals surface area contributed by atoms with Crippen LogP contribution in [-0.2, 0) is 27.4 Å². The van der Waals surface area contributed by atoms with Crippen LogP contribution in [0.4, 0.5) is 24.7 Å². The largest absolute Gasteiger partial charge is 0.478 e. The molecule has 0 saturated carbocycles. The van der Waals surface area contributed by atoms with Gasteiger partial charge in [0.1, 0.15) is 5.82 Å². The summed E-state index contributed by atoms with van der Waals surface area (Å²) in [6.45, 7) is 0.437. The second kappa shape index (κ2) is 9.97. The molecule has 3 heterocycles. The highest BCUT2D eigenvalue weighted by Crippen LogP contribution is 2.34. The fraction of sp³-hybridized carbons (Fsp3) is 0.269. The number of alkyl halides is 3. The standard InChI is InChI=1S/C26H23F3N4O5S/c27-26(28,29)18-3-6-22(30-14-18)31-19-7-9-33(10-8-19)39(37,38)20-4-1-15(2-5-20)16-11-17-13-23(34)32-24(17)21(12-16)25(35)36/h1-6,11-12,14,19H,7-10,13H2,(H,30,31)(H,32,34)(H,35,36). The van der Waals surface area contributed by atoms with Crippen LogP contribution in [0.2, 0.25) is 0 Å². The van der Waals surface area contributed by atoms with Crippen molar-refractivity contribution in [3.63, 3.8) is 0 Å². The zero-order chi connectivity index (χ0) is 27.9. The van der Waals surface area contributed by atoms with Gasteiger partial charge in [-0.05, 0) is 65.9 Å². The Hall–Kier alpha value is -3.97. The molecular formula is C26H23F3N4O5S. The molecule has 3 aromatic rings. The summed E-state index contributed by atoms with van der Waals surface area (Å²) < 4.78 is 66.0. The quantitative estimate of drug-likeness (QED) is 0.412. The van der Waals surface area contributed by atoms with Crippen molar-refractivity contribution in [2.75, 3.05) is 23.7 Å². The number of carbonyl (C=O) groups excluding carboxylic acids is 1. The number of piperidine rings is 1. The van der Waals surface area contributed by atoms with Crippen molar-refractivity contribution >= 4 is 33.4 Å². The first kappa shape index (κ1) is 26.6. The summed E-state index contributed by atoms with van der Waals surface area (Å²) in [5.74, 6) is -1.18. The molecule has 0 radical (unpaired) electrons. The number of hydrogen-bond donors (Lipinski definition) is 3. The molecule has 1 fully saturated rings. The first-order chi connectivity index (χ1) is 18.4. The van der Waals surface area contributed by atoms with E-state index in [2.05, 4.69) is 15.6 Å². The number of fused-ring (bicyclic) bond motifs is 1. The lowest BCUT2D eigenvalue weighted by Crippen LogP contribution is -2.42. The number of carboxylic acids is 1. The van der Waals surface area contributed by atoms with Gasteiger partial charge in [0.05, 0.1) is 28.1 Å². The van der Waals surface area contributed by atoms with Crippen LogP contribution in [0.25, 0.3) is 11.1 Å². The molecule has 1 saturated heterocycles. The number of anilines is 2. The summed E-state index contributed by atoms with van der Waals surface area (Å²) in [7, 11) is -3.80. The number of aromatic carboxylic acids is 1. The van der Waals surface area contributed by atoms with E-state index in [0.29, 0.717) is 29.5 Å². The number of benzene rings is 2. The van der Waals surface area contributed by atoms with Crippen molar-refractivity contribution in [1.82, 2.24) is 9.29 Å². The number of nitrogens with one attached hydrogen (secondary N) is 2. The van der Waals surface area contributed by atoms with Crippen LogP contribution >= 0.6 is 0 Å². The Kier molecular flexibility index (Phi) is 6.81. The van der Waals surface area contributed by atoms with Gasteiger partial charge in [-0.3, -0.25) is 4.79 Å². The number of halogens is 3. The van der Waals surface area contributed by atoms with Crippen molar-refractivity contribution in [1.29, 1.82) is 0 Å². The van der Waals surface area contributed by atoms with Gasteiger partial charge in [-0.25, -0.2) is 18.2 Å². The molecule has 0 atom stereocenters. The van der Waals surface area contributed by atoms with Gasteiger partial charge in [0.25, 0.3) is 0 Å². The third-order valence-corrected chi connectivity index (χ3v) is 8.70. The zero-order valence-corrected chi connectivity index (χ0v) is 21.1. The first-order valence-electron chi connectivity index (χ1n) is 12.0. The molecule has 3 N–H and O–H groups in total. The van der Waals surface area contributed by atoms with Gasteiger partial charge >= 0.3 is 12.1 Å². The van der Waals surface area contributed by atoms with Crippen molar-refractivity contribution in [2.45, 2.75) is 36.4 Å². The molecule has 0 spiro atoms. The Bertz CT molecular complexity index is 1530. The molecule has 0 bridgehead atoms. The summed E-state index contributed by atoms with van der Waals surface area (Å²) in [5.41, 5.74) is 1.12. The van der Waals surface area contributed by atoms with Crippen molar-refractivity contribution < 1.29 is 36.3 Å². The third kappa shape index (κ3) is 5.45. The van der Waals surface area contributed by atoms with Gasteiger partial charge in [-0.2, -0.15) is 17.5 Å². The highest BCUT2D eigenvalue weighted by molar-refractivity contribution is 7.89. The van der Waals surface area contributed by atoms with Crippen LogP contribution in [0.5, 0.6) is 0 Å². The van der Waals surface area contributed by atoms with E-state index < -0.39 is 27.7 Å². The monoisotopic (exact) mass is 560 g/mol. The number of nitrogens with zero attached hydrogens (tertiary/aromatic N) is 2. The van der Waals surface area contributed by atoms with Crippen molar-refractivity contribution in [3.8, 4) is 11.1 Å². The maximum atomic E-state index is 13.2. The highest BCUT2D eigenvalue weighted by atomic mass is 32.2. The molecule has 2 aromatic carbocycles. The predicted molar refractivity (Wildman–Crippen MR) is 136 cm³/mol. The fourth-order valence-electron chi connectivity index (χ4n) is 4.75. The van der Waals surface area contributed by atoms with Gasteiger partial charge in [0, 0.05) is 25.3 Å². The molecule has 0 aliphatic carbocycles. The molecule has 39 heavy (non-hydrogen) atoms. The van der Waals surface area contributed by atoms with Crippen LogP contribution in [0.1, 0.15) is 34.3 Å². The average molecular weight is 561 g/mol. The number of carbonyl (C=O) groups is 2. The summed E-state index contributed by atoms with van der Waals surface area (Å²) in [4.78, 5) is 27.4. The molecule has 9 nitrogen and oxygen atoms in total. The number of amides is 1. The van der Waals surface area contributed by atoms with Crippen molar-refractivity contribution in [2.24, 2.45) is 0 Å². The fourth-order valence-corrected chi connectivity index (χ4v) is 6.22. The second-order valence-corrected chi connectivity index (χ2v) is 11.3. The number of carboxylic acid groups (broad SMARTS) is 1. The minimum absolute atomic E-state index is 0.0342. The molecule has 13 heteroatoms. The zero-order valence-electron chi connectivity index (χ0n) is 20.3. The summed E-state index contributed by atoms with van der Waals surface area (Å²) in [6, 6.07) is 11.3. The Balaban J connectivity index is 1.25. The Labute approximate surface area is 221 Å². The summed E-state index contributed by atoms with van der Waals surface area (Å²) in [6.07, 6.45) is -2.76. The molecule has 2 aliphatic heterocycles. The summed E-state index contributed by atoms with van der Waals surface area (Å²) >= 11 is 0. The lowest BCUT2D eigenvalue weighted by atomic mass is 9.98. The number of pyridine rings is 1. The van der Waals surface area contributed by atoms with E-state index in [1.54, 1.807) is 18.2 Å². The predicted octanol–water partition coefficient (Wildman–Crippen LogP) is 4.23. The van der Waals surface area contributed by atoms with E-state index >= 15 is 0 Å². The summed E-state index contributed by atoms with van der Waals surface area (Å²) in [5, 5.41) is 15.2. The minimum atomic E-state index is -4.47. The van der Waals surface area contributed by atoms with Crippen molar-refractivity contribution in [3.05, 3.63) is 71.4 Å². The molecule has 1 amide bonds. The van der Waals surface area contributed by atoms with Crippen LogP contribution in [-0.4, -0.2) is 53.8 Å². The normalized spacial score (nSPS) is 16.5. The van der Waals surface area contributed by atoms with Crippen LogP contribution in [0.3, 0.4) is 0 Å². The topological polar surface area (TPSA) is 129 Å². The maximum Gasteiger partial charge on any atom is 0.417 e. The molecule has 2 aliphatic rings.